The number of alkyl halides is 2. The molecule has 24 heavy (non-hydrogen) atoms. The monoisotopic (exact) mass is 376 g/mol. The second-order valence-electron chi connectivity index (χ2n) is 8.23. The lowest BCUT2D eigenvalue weighted by Crippen LogP contribution is -2.47. The van der Waals surface area contributed by atoms with Gasteiger partial charge in [0.2, 0.25) is 6.29 Å². The SMILES string of the molecule is CC1CCC(C2COC(C(=O)C3CCC(C)C(Cl)C3Cl)OC2)CC1. The molecule has 2 saturated carbocycles. The molecule has 138 valence electrons. The zero-order chi connectivity index (χ0) is 17.3. The molecule has 0 bridgehead atoms. The average Bonchev–Trinajstić information content (AvgIpc) is 2.60. The van der Waals surface area contributed by atoms with Crippen LogP contribution in [0.15, 0.2) is 0 Å². The molecule has 1 aliphatic heterocycles. The second kappa shape index (κ2) is 8.24. The summed E-state index contributed by atoms with van der Waals surface area (Å²) in [4.78, 5) is 12.7. The summed E-state index contributed by atoms with van der Waals surface area (Å²) in [6, 6.07) is 0. The third-order valence-corrected chi connectivity index (χ3v) is 7.82. The highest BCUT2D eigenvalue weighted by Crippen LogP contribution is 2.39. The molecule has 0 N–H and O–H groups in total. The van der Waals surface area contributed by atoms with Crippen molar-refractivity contribution in [2.24, 2.45) is 29.6 Å². The second-order valence-corrected chi connectivity index (χ2v) is 9.24. The molecule has 0 spiro atoms. The van der Waals surface area contributed by atoms with E-state index in [2.05, 4.69) is 13.8 Å². The zero-order valence-corrected chi connectivity index (χ0v) is 16.3. The van der Waals surface area contributed by atoms with E-state index in [0.717, 1.165) is 18.8 Å². The van der Waals surface area contributed by atoms with Crippen LogP contribution in [0.25, 0.3) is 0 Å². The summed E-state index contributed by atoms with van der Waals surface area (Å²) < 4.78 is 11.6. The van der Waals surface area contributed by atoms with Gasteiger partial charge in [0, 0.05) is 11.8 Å². The molecule has 1 saturated heterocycles. The lowest BCUT2D eigenvalue weighted by molar-refractivity contribution is -0.212. The van der Waals surface area contributed by atoms with Crippen LogP contribution < -0.4 is 0 Å². The van der Waals surface area contributed by atoms with Crippen LogP contribution in [0.5, 0.6) is 0 Å². The fraction of sp³-hybridized carbons (Fsp3) is 0.947. The van der Waals surface area contributed by atoms with E-state index in [9.17, 15) is 4.79 Å². The van der Waals surface area contributed by atoms with Gasteiger partial charge in [0.25, 0.3) is 0 Å². The standard InChI is InChI=1S/C19H30Cl2O3/c1-11-3-6-13(7-4-11)14-9-23-19(24-10-14)18(22)15-8-5-12(2)16(20)17(15)21/h11-17,19H,3-10H2,1-2H3. The van der Waals surface area contributed by atoms with Gasteiger partial charge < -0.3 is 9.47 Å². The molecular formula is C19H30Cl2O3. The highest BCUT2D eigenvalue weighted by molar-refractivity contribution is 6.31. The minimum Gasteiger partial charge on any atom is -0.346 e. The fourth-order valence-corrected chi connectivity index (χ4v) is 5.28. The predicted octanol–water partition coefficient (Wildman–Crippen LogP) is 4.63. The summed E-state index contributed by atoms with van der Waals surface area (Å²) in [5.41, 5.74) is 0. The molecule has 4 unspecified atom stereocenters. The van der Waals surface area contributed by atoms with Gasteiger partial charge in [-0.15, -0.1) is 23.2 Å². The molecule has 0 radical (unpaired) electrons. The highest BCUT2D eigenvalue weighted by Gasteiger charge is 2.43. The Kier molecular flexibility index (Phi) is 6.51. The number of hydrogen-bond donors (Lipinski definition) is 0. The average molecular weight is 377 g/mol. The minimum atomic E-state index is -0.743. The van der Waals surface area contributed by atoms with Gasteiger partial charge in [-0.05, 0) is 43.4 Å². The molecule has 4 atom stereocenters. The smallest absolute Gasteiger partial charge is 0.218 e. The number of carbonyl (C=O) groups excluding carboxylic acids is 1. The van der Waals surface area contributed by atoms with Gasteiger partial charge >= 0.3 is 0 Å². The molecule has 0 aromatic carbocycles. The summed E-state index contributed by atoms with van der Waals surface area (Å²) in [5, 5.41) is -0.484. The number of carbonyl (C=O) groups is 1. The van der Waals surface area contributed by atoms with Crippen LogP contribution in [-0.4, -0.2) is 36.0 Å². The third kappa shape index (κ3) is 4.11. The molecule has 3 rings (SSSR count). The highest BCUT2D eigenvalue weighted by atomic mass is 35.5. The Hall–Kier alpha value is 0.170. The molecule has 5 heteroatoms. The van der Waals surface area contributed by atoms with E-state index >= 15 is 0 Å². The van der Waals surface area contributed by atoms with Crippen LogP contribution in [0.2, 0.25) is 0 Å². The van der Waals surface area contributed by atoms with Crippen molar-refractivity contribution in [3.63, 3.8) is 0 Å². The van der Waals surface area contributed by atoms with E-state index in [1.54, 1.807) is 0 Å². The first-order valence-corrected chi connectivity index (χ1v) is 10.4. The summed E-state index contributed by atoms with van der Waals surface area (Å²) in [7, 11) is 0. The summed E-state index contributed by atoms with van der Waals surface area (Å²) in [6.45, 7) is 5.69. The van der Waals surface area contributed by atoms with Gasteiger partial charge in [-0.2, -0.15) is 0 Å². The van der Waals surface area contributed by atoms with Crippen molar-refractivity contribution in [3.8, 4) is 0 Å². The maximum absolute atomic E-state index is 12.7. The summed E-state index contributed by atoms with van der Waals surface area (Å²) >= 11 is 12.8. The van der Waals surface area contributed by atoms with Crippen LogP contribution in [0.4, 0.5) is 0 Å². The Balaban J connectivity index is 1.50. The lowest BCUT2D eigenvalue weighted by Gasteiger charge is -2.39. The molecule has 2 aliphatic carbocycles. The molecule has 3 aliphatic rings. The van der Waals surface area contributed by atoms with Crippen molar-refractivity contribution in [2.75, 3.05) is 13.2 Å². The van der Waals surface area contributed by atoms with E-state index in [0.29, 0.717) is 31.0 Å². The largest absolute Gasteiger partial charge is 0.346 e. The fourth-order valence-electron chi connectivity index (χ4n) is 4.48. The van der Waals surface area contributed by atoms with E-state index in [-0.39, 0.29) is 22.5 Å². The lowest BCUT2D eigenvalue weighted by atomic mass is 9.76. The number of ether oxygens (including phenoxy) is 2. The molecule has 3 nitrogen and oxygen atoms in total. The van der Waals surface area contributed by atoms with E-state index in [4.69, 9.17) is 32.7 Å². The zero-order valence-electron chi connectivity index (χ0n) is 14.8. The summed E-state index contributed by atoms with van der Waals surface area (Å²) in [6.07, 6.45) is 6.09. The maximum atomic E-state index is 12.7. The Morgan fingerprint density at radius 1 is 0.833 bits per heavy atom. The van der Waals surface area contributed by atoms with Crippen LogP contribution >= 0.6 is 23.2 Å². The topological polar surface area (TPSA) is 35.5 Å². The van der Waals surface area contributed by atoms with E-state index < -0.39 is 6.29 Å². The molecule has 3 fully saturated rings. The number of halogens is 2. The van der Waals surface area contributed by atoms with Crippen LogP contribution in [0, 0.1) is 29.6 Å². The first kappa shape index (κ1) is 18.9. The van der Waals surface area contributed by atoms with E-state index in [1.165, 1.54) is 25.7 Å². The van der Waals surface area contributed by atoms with Gasteiger partial charge in [-0.25, -0.2) is 0 Å². The van der Waals surface area contributed by atoms with Gasteiger partial charge in [-0.1, -0.05) is 26.7 Å². The van der Waals surface area contributed by atoms with Crippen molar-refractivity contribution in [1.29, 1.82) is 0 Å². The number of hydrogen-bond acceptors (Lipinski definition) is 3. The predicted molar refractivity (Wildman–Crippen MR) is 96.5 cm³/mol. The maximum Gasteiger partial charge on any atom is 0.218 e. The molecule has 0 amide bonds. The van der Waals surface area contributed by atoms with Gasteiger partial charge in [-0.3, -0.25) is 4.79 Å². The Labute approximate surface area is 155 Å². The van der Waals surface area contributed by atoms with Crippen molar-refractivity contribution >= 4 is 29.0 Å². The first-order chi connectivity index (χ1) is 11.5. The third-order valence-electron chi connectivity index (χ3n) is 6.41. The molecular weight excluding hydrogens is 347 g/mol. The molecule has 1 heterocycles. The molecule has 0 aromatic heterocycles. The van der Waals surface area contributed by atoms with Gasteiger partial charge in [0.1, 0.15) is 0 Å². The minimum absolute atomic E-state index is 0.0109. The Bertz CT molecular complexity index is 428. The van der Waals surface area contributed by atoms with Crippen molar-refractivity contribution in [3.05, 3.63) is 0 Å². The Morgan fingerprint density at radius 3 is 2.08 bits per heavy atom. The summed E-state index contributed by atoms with van der Waals surface area (Å²) in [5.74, 6) is 2.05. The van der Waals surface area contributed by atoms with Crippen LogP contribution in [-0.2, 0) is 14.3 Å². The number of rotatable bonds is 3. The molecule has 0 aromatic rings. The van der Waals surface area contributed by atoms with Crippen molar-refractivity contribution in [1.82, 2.24) is 0 Å². The van der Waals surface area contributed by atoms with Gasteiger partial charge in [0.05, 0.1) is 24.0 Å². The number of Topliss-reactive ketones (excluding diaryl/α,β-unsaturated/α-hetero) is 1. The van der Waals surface area contributed by atoms with Crippen molar-refractivity contribution in [2.45, 2.75) is 69.4 Å². The Morgan fingerprint density at radius 2 is 1.46 bits per heavy atom. The quantitative estimate of drug-likeness (QED) is 0.673. The van der Waals surface area contributed by atoms with Crippen molar-refractivity contribution < 1.29 is 14.3 Å². The first-order valence-electron chi connectivity index (χ1n) is 9.52. The van der Waals surface area contributed by atoms with Crippen LogP contribution in [0.3, 0.4) is 0 Å². The normalized spacial score (nSPS) is 47.3. The van der Waals surface area contributed by atoms with Crippen LogP contribution in [0.1, 0.15) is 52.4 Å². The number of ketones is 1. The van der Waals surface area contributed by atoms with E-state index in [1.807, 2.05) is 0 Å². The van der Waals surface area contributed by atoms with Gasteiger partial charge in [0.15, 0.2) is 5.78 Å².